The van der Waals surface area contributed by atoms with E-state index in [0.29, 0.717) is 28.0 Å². The molecule has 0 fully saturated rings. The molecule has 174 valence electrons. The van der Waals surface area contributed by atoms with E-state index in [1.807, 2.05) is 53.7 Å². The van der Waals surface area contributed by atoms with Gasteiger partial charge in [0.2, 0.25) is 0 Å². The van der Waals surface area contributed by atoms with Crippen LogP contribution in [0.4, 0.5) is 0 Å². The number of hydrogen-bond donors (Lipinski definition) is 1. The second-order valence-electron chi connectivity index (χ2n) is 9.28. The van der Waals surface area contributed by atoms with Gasteiger partial charge in [-0.15, -0.1) is 0 Å². The van der Waals surface area contributed by atoms with Gasteiger partial charge in [-0.1, -0.05) is 6.07 Å². The Morgan fingerprint density at radius 1 is 1.31 bits per heavy atom. The molecule has 32 heavy (non-hydrogen) atoms. The van der Waals surface area contributed by atoms with Gasteiger partial charge in [0.1, 0.15) is 5.75 Å². The Balaban J connectivity index is 2.26. The highest BCUT2D eigenvalue weighted by molar-refractivity contribution is 9.10. The molecule has 0 aliphatic carbocycles. The first-order valence-corrected chi connectivity index (χ1v) is 11.7. The predicted molar refractivity (Wildman–Crippen MR) is 127 cm³/mol. The summed E-state index contributed by atoms with van der Waals surface area (Å²) < 4.78 is 18.2. The fraction of sp³-hybridized carbons (Fsp3) is 0.520. The number of aryl methyl sites for hydroxylation is 2. The molecule has 0 saturated heterocycles. The van der Waals surface area contributed by atoms with Crippen molar-refractivity contribution in [2.75, 3.05) is 6.61 Å². The van der Waals surface area contributed by atoms with Gasteiger partial charge < -0.3 is 19.3 Å². The van der Waals surface area contributed by atoms with Crippen molar-refractivity contribution < 1.29 is 24.1 Å². The molecule has 1 unspecified atom stereocenters. The molecule has 0 amide bonds. The number of aliphatic hydroxyl groups excluding tert-OH is 1. The summed E-state index contributed by atoms with van der Waals surface area (Å²) >= 11 is 3.65. The van der Waals surface area contributed by atoms with E-state index in [4.69, 9.17) is 14.2 Å². The summed E-state index contributed by atoms with van der Waals surface area (Å²) in [5, 5.41) is 9.92. The number of pyridine rings is 1. The van der Waals surface area contributed by atoms with E-state index in [1.165, 1.54) is 0 Å². The lowest BCUT2D eigenvalue weighted by Crippen LogP contribution is -2.31. The molecule has 0 saturated carbocycles. The van der Waals surface area contributed by atoms with Crippen LogP contribution in [-0.2, 0) is 27.3 Å². The molecule has 0 bridgehead atoms. The van der Waals surface area contributed by atoms with Crippen LogP contribution in [-0.4, -0.2) is 34.4 Å². The maximum Gasteiger partial charge on any atom is 0.340 e. The smallest absolute Gasteiger partial charge is 0.340 e. The van der Waals surface area contributed by atoms with Crippen LogP contribution in [0.15, 0.2) is 22.7 Å². The van der Waals surface area contributed by atoms with Gasteiger partial charge in [-0.05, 0) is 93.6 Å². The number of carbonyl (C=O) groups excluding carboxylic acids is 1. The van der Waals surface area contributed by atoms with Crippen LogP contribution in [0.1, 0.15) is 69.7 Å². The van der Waals surface area contributed by atoms with Crippen LogP contribution < -0.4 is 4.74 Å². The van der Waals surface area contributed by atoms with Gasteiger partial charge in [0.15, 0.2) is 6.10 Å². The van der Waals surface area contributed by atoms with E-state index in [9.17, 15) is 9.90 Å². The zero-order chi connectivity index (χ0) is 23.6. The van der Waals surface area contributed by atoms with Crippen molar-refractivity contribution in [1.82, 2.24) is 4.98 Å². The second-order valence-corrected chi connectivity index (χ2v) is 10.1. The second kappa shape index (κ2) is 9.89. The van der Waals surface area contributed by atoms with Crippen LogP contribution >= 0.6 is 15.9 Å². The standard InChI is InChI=1S/C25H32BrNO5/c1-14(2)31-24(29)23(32-25(4,5)6)20-15(3)27-18(13-28)22(26)21(20)17-9-10-19-16(12-17)8-7-11-30-19/h9-10,12,14,23,28H,7-8,11,13H2,1-6H3. The number of fused-ring (bicyclic) bond motifs is 1. The summed E-state index contributed by atoms with van der Waals surface area (Å²) in [6.07, 6.45) is 0.616. The van der Waals surface area contributed by atoms with E-state index in [0.717, 1.165) is 35.3 Å². The summed E-state index contributed by atoms with van der Waals surface area (Å²) in [6, 6.07) is 6.01. The van der Waals surface area contributed by atoms with Crippen molar-refractivity contribution in [2.45, 2.75) is 78.8 Å². The summed E-state index contributed by atoms with van der Waals surface area (Å²) in [6.45, 7) is 11.6. The quantitative estimate of drug-likeness (QED) is 0.526. The van der Waals surface area contributed by atoms with Crippen LogP contribution in [0.5, 0.6) is 5.75 Å². The van der Waals surface area contributed by atoms with E-state index in [2.05, 4.69) is 27.0 Å². The first-order chi connectivity index (χ1) is 15.0. The summed E-state index contributed by atoms with van der Waals surface area (Å²) in [5.74, 6) is 0.415. The van der Waals surface area contributed by atoms with Crippen LogP contribution in [0.2, 0.25) is 0 Å². The minimum atomic E-state index is -0.976. The lowest BCUT2D eigenvalue weighted by molar-refractivity contribution is -0.171. The highest BCUT2D eigenvalue weighted by Gasteiger charge is 2.34. The van der Waals surface area contributed by atoms with Gasteiger partial charge in [-0.3, -0.25) is 4.98 Å². The van der Waals surface area contributed by atoms with Crippen LogP contribution in [0, 0.1) is 6.92 Å². The Morgan fingerprint density at radius 2 is 2.03 bits per heavy atom. The largest absolute Gasteiger partial charge is 0.493 e. The number of rotatable bonds is 6. The molecule has 1 N–H and O–H groups in total. The minimum Gasteiger partial charge on any atom is -0.493 e. The lowest BCUT2D eigenvalue weighted by Gasteiger charge is -2.30. The molecule has 2 aromatic rings. The SMILES string of the molecule is Cc1nc(CO)c(Br)c(-c2ccc3c(c2)CCCO3)c1C(OC(C)(C)C)C(=O)OC(C)C. The van der Waals surface area contributed by atoms with Crippen LogP contribution in [0.25, 0.3) is 11.1 Å². The van der Waals surface area contributed by atoms with E-state index >= 15 is 0 Å². The normalized spacial score (nSPS) is 14.7. The van der Waals surface area contributed by atoms with Crippen molar-refractivity contribution in [3.63, 3.8) is 0 Å². The molecule has 0 radical (unpaired) electrons. The van der Waals surface area contributed by atoms with Crippen molar-refractivity contribution in [1.29, 1.82) is 0 Å². The Morgan fingerprint density at radius 3 is 2.66 bits per heavy atom. The Kier molecular flexibility index (Phi) is 7.63. The summed E-state index contributed by atoms with van der Waals surface area (Å²) in [4.78, 5) is 17.8. The fourth-order valence-corrected chi connectivity index (χ4v) is 4.51. The molecule has 1 aromatic heterocycles. The molecule has 7 heteroatoms. The third kappa shape index (κ3) is 5.50. The lowest BCUT2D eigenvalue weighted by atomic mass is 9.91. The fourth-order valence-electron chi connectivity index (χ4n) is 3.85. The molecule has 0 spiro atoms. The Labute approximate surface area is 198 Å². The minimum absolute atomic E-state index is 0.232. The van der Waals surface area contributed by atoms with Gasteiger partial charge in [0.25, 0.3) is 0 Å². The van der Waals surface area contributed by atoms with Crippen LogP contribution in [0.3, 0.4) is 0 Å². The molecule has 3 rings (SSSR count). The topological polar surface area (TPSA) is 77.9 Å². The Bertz CT molecular complexity index is 997. The predicted octanol–water partition coefficient (Wildman–Crippen LogP) is 5.44. The molecular formula is C25H32BrNO5. The number of aliphatic hydroxyl groups is 1. The number of hydrogen-bond acceptors (Lipinski definition) is 6. The van der Waals surface area contributed by atoms with Crippen molar-refractivity contribution in [3.8, 4) is 16.9 Å². The monoisotopic (exact) mass is 505 g/mol. The van der Waals surface area contributed by atoms with Crippen molar-refractivity contribution in [2.24, 2.45) is 0 Å². The number of ether oxygens (including phenoxy) is 3. The number of halogens is 1. The van der Waals surface area contributed by atoms with Crippen molar-refractivity contribution >= 4 is 21.9 Å². The van der Waals surface area contributed by atoms with E-state index in [-0.39, 0.29) is 12.7 Å². The first kappa shape index (κ1) is 24.7. The number of nitrogens with zero attached hydrogens (tertiary/aromatic N) is 1. The highest BCUT2D eigenvalue weighted by atomic mass is 79.9. The first-order valence-electron chi connectivity index (χ1n) is 11.0. The maximum absolute atomic E-state index is 13.2. The number of esters is 1. The number of carbonyl (C=O) groups is 1. The summed E-state index contributed by atoms with van der Waals surface area (Å²) in [7, 11) is 0. The Hall–Kier alpha value is -1.96. The van der Waals surface area contributed by atoms with Gasteiger partial charge >= 0.3 is 5.97 Å². The third-order valence-electron chi connectivity index (χ3n) is 5.08. The van der Waals surface area contributed by atoms with Crippen molar-refractivity contribution in [3.05, 3.63) is 45.2 Å². The van der Waals surface area contributed by atoms with Gasteiger partial charge in [-0.2, -0.15) is 0 Å². The maximum atomic E-state index is 13.2. The molecule has 1 aliphatic heterocycles. The molecular weight excluding hydrogens is 474 g/mol. The number of aromatic nitrogens is 1. The number of benzene rings is 1. The third-order valence-corrected chi connectivity index (χ3v) is 5.94. The van der Waals surface area contributed by atoms with Gasteiger partial charge in [0.05, 0.1) is 30.6 Å². The average Bonchev–Trinajstić information content (AvgIpc) is 2.71. The molecule has 1 aliphatic rings. The summed E-state index contributed by atoms with van der Waals surface area (Å²) in [5.41, 5.74) is 3.92. The zero-order valence-corrected chi connectivity index (χ0v) is 21.2. The zero-order valence-electron chi connectivity index (χ0n) is 19.6. The van der Waals surface area contributed by atoms with E-state index in [1.54, 1.807) is 0 Å². The van der Waals surface area contributed by atoms with Gasteiger partial charge in [-0.25, -0.2) is 4.79 Å². The average molecular weight is 506 g/mol. The highest BCUT2D eigenvalue weighted by Crippen LogP contribution is 2.42. The molecule has 2 heterocycles. The molecule has 1 aromatic carbocycles. The molecule has 1 atom stereocenters. The molecule has 6 nitrogen and oxygen atoms in total. The van der Waals surface area contributed by atoms with E-state index < -0.39 is 17.7 Å². The van der Waals surface area contributed by atoms with Gasteiger partial charge in [0, 0.05) is 21.3 Å².